The standard InChI is InChI=1S/C31H36Cl3N3O4S/c1-31(2,3)35-30(39)28(19-22-9-6-5-7-10-22)36(21-23-12-14-24(32)15-13-23)29(38)11-8-18-37(42(4,40)41)27-20-25(33)16-17-26(27)34/h5-7,9-10,12-17,20,28H,8,11,18-19,21H2,1-4H3,(H,35,39). The molecular weight excluding hydrogens is 617 g/mol. The van der Waals surface area contributed by atoms with E-state index in [-0.39, 0.29) is 48.5 Å². The maximum atomic E-state index is 13.9. The lowest BCUT2D eigenvalue weighted by molar-refractivity contribution is -0.142. The maximum absolute atomic E-state index is 13.9. The number of rotatable bonds is 12. The van der Waals surface area contributed by atoms with Gasteiger partial charge < -0.3 is 10.2 Å². The SMILES string of the molecule is CC(C)(C)NC(=O)C(Cc1ccccc1)N(Cc1ccc(Cl)cc1)C(=O)CCCN(c1cc(Cl)ccc1Cl)S(C)(=O)=O. The van der Waals surface area contributed by atoms with Crippen molar-refractivity contribution in [2.24, 2.45) is 0 Å². The highest BCUT2D eigenvalue weighted by atomic mass is 35.5. The number of nitrogens with one attached hydrogen (secondary N) is 1. The largest absolute Gasteiger partial charge is 0.350 e. The Morgan fingerprint density at radius 1 is 0.881 bits per heavy atom. The lowest BCUT2D eigenvalue weighted by atomic mass is 10.00. The third-order valence-corrected chi connectivity index (χ3v) is 8.35. The topological polar surface area (TPSA) is 86.8 Å². The average Bonchev–Trinajstić information content (AvgIpc) is 2.90. The van der Waals surface area contributed by atoms with Crippen molar-refractivity contribution < 1.29 is 18.0 Å². The number of sulfonamides is 1. The number of benzene rings is 3. The van der Waals surface area contributed by atoms with E-state index in [9.17, 15) is 18.0 Å². The zero-order chi connectivity index (χ0) is 31.1. The van der Waals surface area contributed by atoms with E-state index in [4.69, 9.17) is 34.8 Å². The zero-order valence-corrected chi connectivity index (χ0v) is 27.2. The molecule has 226 valence electrons. The predicted molar refractivity (Wildman–Crippen MR) is 172 cm³/mol. The number of nitrogens with zero attached hydrogens (tertiary/aromatic N) is 2. The first kappa shape index (κ1) is 33.7. The van der Waals surface area contributed by atoms with Gasteiger partial charge in [0.15, 0.2) is 0 Å². The summed E-state index contributed by atoms with van der Waals surface area (Å²) in [5.74, 6) is -0.572. The minimum atomic E-state index is -3.73. The van der Waals surface area contributed by atoms with Crippen molar-refractivity contribution in [2.45, 2.75) is 58.2 Å². The first-order valence-corrected chi connectivity index (χ1v) is 16.4. The molecule has 0 aliphatic carbocycles. The number of anilines is 1. The Hall–Kier alpha value is -2.78. The Balaban J connectivity index is 1.92. The highest BCUT2D eigenvalue weighted by Crippen LogP contribution is 2.31. The van der Waals surface area contributed by atoms with Crippen molar-refractivity contribution >= 4 is 62.3 Å². The molecule has 0 saturated heterocycles. The van der Waals surface area contributed by atoms with Crippen molar-refractivity contribution in [3.05, 3.63) is 99.0 Å². The summed E-state index contributed by atoms with van der Waals surface area (Å²) in [6.45, 7) is 5.82. The number of carbonyl (C=O) groups is 2. The molecule has 0 aliphatic rings. The summed E-state index contributed by atoms with van der Waals surface area (Å²) < 4.78 is 26.5. The summed E-state index contributed by atoms with van der Waals surface area (Å²) in [6.07, 6.45) is 1.55. The van der Waals surface area contributed by atoms with Crippen LogP contribution in [0, 0.1) is 0 Å². The molecule has 11 heteroatoms. The van der Waals surface area contributed by atoms with Crippen LogP contribution in [0.5, 0.6) is 0 Å². The van der Waals surface area contributed by atoms with Crippen LogP contribution in [0.3, 0.4) is 0 Å². The van der Waals surface area contributed by atoms with Gasteiger partial charge in [-0.25, -0.2) is 8.42 Å². The molecule has 0 aromatic heterocycles. The fraction of sp³-hybridized carbons (Fsp3) is 0.355. The van der Waals surface area contributed by atoms with Crippen LogP contribution >= 0.6 is 34.8 Å². The van der Waals surface area contributed by atoms with E-state index < -0.39 is 21.6 Å². The van der Waals surface area contributed by atoms with Crippen LogP contribution in [-0.4, -0.2) is 49.5 Å². The summed E-state index contributed by atoms with van der Waals surface area (Å²) in [4.78, 5) is 29.2. The van der Waals surface area contributed by atoms with Gasteiger partial charge in [-0.05, 0) is 68.7 Å². The van der Waals surface area contributed by atoms with Gasteiger partial charge >= 0.3 is 0 Å². The minimum Gasteiger partial charge on any atom is -0.350 e. The maximum Gasteiger partial charge on any atom is 0.243 e. The van der Waals surface area contributed by atoms with E-state index in [2.05, 4.69) is 5.32 Å². The van der Waals surface area contributed by atoms with Gasteiger partial charge in [0.05, 0.1) is 17.0 Å². The third-order valence-electron chi connectivity index (χ3n) is 6.36. The number of amides is 2. The van der Waals surface area contributed by atoms with Gasteiger partial charge in [0.1, 0.15) is 6.04 Å². The van der Waals surface area contributed by atoms with E-state index in [1.54, 1.807) is 23.1 Å². The summed E-state index contributed by atoms with van der Waals surface area (Å²) in [7, 11) is -3.73. The molecule has 0 spiro atoms. The van der Waals surface area contributed by atoms with Crippen LogP contribution in [0.4, 0.5) is 5.69 Å². The molecule has 0 bridgehead atoms. The fourth-order valence-electron chi connectivity index (χ4n) is 4.45. The van der Waals surface area contributed by atoms with Crippen LogP contribution in [0.2, 0.25) is 15.1 Å². The van der Waals surface area contributed by atoms with Crippen LogP contribution in [-0.2, 0) is 32.6 Å². The quantitative estimate of drug-likeness (QED) is 0.235. The molecule has 0 heterocycles. The minimum absolute atomic E-state index is 0.00302. The van der Waals surface area contributed by atoms with E-state index in [0.29, 0.717) is 16.5 Å². The number of halogens is 3. The van der Waals surface area contributed by atoms with Crippen LogP contribution < -0.4 is 9.62 Å². The normalized spacial score (nSPS) is 12.5. The molecule has 0 radical (unpaired) electrons. The van der Waals surface area contributed by atoms with Crippen molar-refractivity contribution in [1.82, 2.24) is 10.2 Å². The Labute approximate surface area is 263 Å². The number of carbonyl (C=O) groups excluding carboxylic acids is 2. The lowest BCUT2D eigenvalue weighted by Crippen LogP contribution is -2.54. The second-order valence-electron chi connectivity index (χ2n) is 11.1. The van der Waals surface area contributed by atoms with Crippen LogP contribution in [0.25, 0.3) is 0 Å². The van der Waals surface area contributed by atoms with E-state index in [0.717, 1.165) is 21.7 Å². The molecular formula is C31H36Cl3N3O4S. The smallest absolute Gasteiger partial charge is 0.243 e. The Morgan fingerprint density at radius 3 is 2.10 bits per heavy atom. The van der Waals surface area contributed by atoms with Crippen molar-refractivity contribution in [3.8, 4) is 0 Å². The predicted octanol–water partition coefficient (Wildman–Crippen LogP) is 6.75. The Kier molecular flexibility index (Phi) is 11.7. The first-order chi connectivity index (χ1) is 19.6. The summed E-state index contributed by atoms with van der Waals surface area (Å²) >= 11 is 18.5. The average molecular weight is 653 g/mol. The van der Waals surface area contributed by atoms with Gasteiger partial charge in [0, 0.05) is 41.5 Å². The van der Waals surface area contributed by atoms with Crippen molar-refractivity contribution in [3.63, 3.8) is 0 Å². The van der Waals surface area contributed by atoms with Gasteiger partial charge in [-0.1, -0.05) is 77.3 Å². The second-order valence-corrected chi connectivity index (χ2v) is 14.3. The van der Waals surface area contributed by atoms with Gasteiger partial charge in [-0.15, -0.1) is 0 Å². The van der Waals surface area contributed by atoms with Crippen LogP contribution in [0.1, 0.15) is 44.7 Å². The Bertz CT molecular complexity index is 1480. The molecule has 42 heavy (non-hydrogen) atoms. The summed E-state index contributed by atoms with van der Waals surface area (Å²) in [5, 5.41) is 4.15. The monoisotopic (exact) mass is 651 g/mol. The molecule has 1 N–H and O–H groups in total. The number of hydrogen-bond donors (Lipinski definition) is 1. The zero-order valence-electron chi connectivity index (χ0n) is 24.1. The van der Waals surface area contributed by atoms with E-state index >= 15 is 0 Å². The molecule has 1 atom stereocenters. The molecule has 0 saturated carbocycles. The third kappa shape index (κ3) is 10.2. The molecule has 2 amide bonds. The fourth-order valence-corrected chi connectivity index (χ4v) is 5.98. The first-order valence-electron chi connectivity index (χ1n) is 13.5. The molecule has 0 aliphatic heterocycles. The molecule has 3 aromatic carbocycles. The molecule has 3 aromatic rings. The molecule has 1 unspecified atom stereocenters. The van der Waals surface area contributed by atoms with Gasteiger partial charge in [0.25, 0.3) is 0 Å². The van der Waals surface area contributed by atoms with E-state index in [1.807, 2.05) is 63.2 Å². The van der Waals surface area contributed by atoms with Gasteiger partial charge in [0.2, 0.25) is 21.8 Å². The lowest BCUT2D eigenvalue weighted by Gasteiger charge is -2.34. The van der Waals surface area contributed by atoms with Crippen molar-refractivity contribution in [1.29, 1.82) is 0 Å². The second kappa shape index (κ2) is 14.6. The Morgan fingerprint density at radius 2 is 1.50 bits per heavy atom. The molecule has 3 rings (SSSR count). The molecule has 7 nitrogen and oxygen atoms in total. The van der Waals surface area contributed by atoms with E-state index in [1.165, 1.54) is 12.1 Å². The van der Waals surface area contributed by atoms with Gasteiger partial charge in [-0.3, -0.25) is 13.9 Å². The van der Waals surface area contributed by atoms with Gasteiger partial charge in [-0.2, -0.15) is 0 Å². The number of hydrogen-bond acceptors (Lipinski definition) is 4. The summed E-state index contributed by atoms with van der Waals surface area (Å²) in [5.41, 5.74) is 1.42. The van der Waals surface area contributed by atoms with Crippen LogP contribution in [0.15, 0.2) is 72.8 Å². The highest BCUT2D eigenvalue weighted by Gasteiger charge is 2.32. The summed E-state index contributed by atoms with van der Waals surface area (Å²) in [6, 6.07) is 20.4. The highest BCUT2D eigenvalue weighted by molar-refractivity contribution is 7.92. The molecule has 0 fully saturated rings. The van der Waals surface area contributed by atoms with Crippen molar-refractivity contribution in [2.75, 3.05) is 17.1 Å².